The number of carbonyl (C=O) groups is 2. The highest BCUT2D eigenvalue weighted by Crippen LogP contribution is 2.30. The van der Waals surface area contributed by atoms with E-state index in [0.717, 1.165) is 23.4 Å². The largest absolute Gasteiger partial charge is 0.480 e. The van der Waals surface area contributed by atoms with Crippen molar-refractivity contribution >= 4 is 11.9 Å². The van der Waals surface area contributed by atoms with Crippen molar-refractivity contribution in [2.45, 2.75) is 52.0 Å². The number of likely N-dealkylation sites (tertiary alicyclic amines) is 1. The number of amides is 1. The molecule has 1 aliphatic heterocycles. The molecule has 0 bridgehead atoms. The summed E-state index contributed by atoms with van der Waals surface area (Å²) in [6.45, 7) is 5.80. The molecule has 1 N–H and O–H groups in total. The molecule has 1 saturated heterocycles. The molecule has 6 nitrogen and oxygen atoms in total. The summed E-state index contributed by atoms with van der Waals surface area (Å²) < 4.78 is 5.06. The van der Waals surface area contributed by atoms with Crippen LogP contribution in [0.3, 0.4) is 0 Å². The molecular weight excluding hydrogens is 260 g/mol. The van der Waals surface area contributed by atoms with E-state index in [9.17, 15) is 14.7 Å². The van der Waals surface area contributed by atoms with Crippen LogP contribution in [0.15, 0.2) is 4.52 Å². The second-order valence-electron chi connectivity index (χ2n) is 5.53. The number of nitrogens with zero attached hydrogens (tertiary/aromatic N) is 2. The third-order valence-corrected chi connectivity index (χ3v) is 4.17. The van der Waals surface area contributed by atoms with Gasteiger partial charge >= 0.3 is 5.97 Å². The molecular formula is C14H20N2O4. The minimum Gasteiger partial charge on any atom is -0.480 e. The van der Waals surface area contributed by atoms with Crippen LogP contribution < -0.4 is 0 Å². The summed E-state index contributed by atoms with van der Waals surface area (Å²) in [5, 5.41) is 13.2. The average molecular weight is 280 g/mol. The standard InChI is InChI=1S/C14H20N2O4/c1-9-11(10(2)20-15-9)5-6-12(17)16-8-4-7-14(16,3)13(18)19/h4-8H2,1-3H3,(H,18,19). The van der Waals surface area contributed by atoms with Crippen molar-refractivity contribution in [2.24, 2.45) is 0 Å². The van der Waals surface area contributed by atoms with Gasteiger partial charge in [-0.05, 0) is 40.0 Å². The molecule has 0 saturated carbocycles. The number of aliphatic carboxylic acids is 1. The minimum absolute atomic E-state index is 0.118. The smallest absolute Gasteiger partial charge is 0.329 e. The van der Waals surface area contributed by atoms with Gasteiger partial charge in [0.05, 0.1) is 5.69 Å². The first-order valence-electron chi connectivity index (χ1n) is 6.82. The quantitative estimate of drug-likeness (QED) is 0.907. The molecule has 1 atom stereocenters. The van der Waals surface area contributed by atoms with E-state index in [1.807, 2.05) is 13.8 Å². The van der Waals surface area contributed by atoms with Gasteiger partial charge in [0.1, 0.15) is 11.3 Å². The Balaban J connectivity index is 2.04. The second-order valence-corrected chi connectivity index (χ2v) is 5.53. The number of carbonyl (C=O) groups excluding carboxylic acids is 1. The lowest BCUT2D eigenvalue weighted by Crippen LogP contribution is -2.50. The van der Waals surface area contributed by atoms with E-state index in [4.69, 9.17) is 4.52 Å². The lowest BCUT2D eigenvalue weighted by atomic mass is 9.98. The second kappa shape index (κ2) is 5.26. The Labute approximate surface area is 117 Å². The van der Waals surface area contributed by atoms with Crippen molar-refractivity contribution < 1.29 is 19.2 Å². The monoisotopic (exact) mass is 280 g/mol. The molecule has 0 radical (unpaired) electrons. The molecule has 1 aromatic heterocycles. The fourth-order valence-electron chi connectivity index (χ4n) is 2.81. The first-order valence-corrected chi connectivity index (χ1v) is 6.82. The van der Waals surface area contributed by atoms with Crippen LogP contribution in [-0.2, 0) is 16.0 Å². The third kappa shape index (κ3) is 2.42. The van der Waals surface area contributed by atoms with E-state index in [2.05, 4.69) is 5.16 Å². The van der Waals surface area contributed by atoms with Gasteiger partial charge in [-0.3, -0.25) is 4.79 Å². The normalized spacial score (nSPS) is 22.2. The number of carboxylic acid groups (broad SMARTS) is 1. The van der Waals surface area contributed by atoms with Crippen LogP contribution in [0.5, 0.6) is 0 Å². The first-order chi connectivity index (χ1) is 9.36. The van der Waals surface area contributed by atoms with Crippen LogP contribution in [0.1, 0.15) is 43.2 Å². The lowest BCUT2D eigenvalue weighted by molar-refractivity contribution is -0.155. The average Bonchev–Trinajstić information content (AvgIpc) is 2.92. The van der Waals surface area contributed by atoms with Crippen LogP contribution in [0, 0.1) is 13.8 Å². The Kier molecular flexibility index (Phi) is 3.83. The maximum Gasteiger partial charge on any atom is 0.329 e. The Morgan fingerprint density at radius 2 is 2.15 bits per heavy atom. The van der Waals surface area contributed by atoms with E-state index < -0.39 is 11.5 Å². The fourth-order valence-corrected chi connectivity index (χ4v) is 2.81. The third-order valence-electron chi connectivity index (χ3n) is 4.17. The van der Waals surface area contributed by atoms with E-state index in [1.165, 1.54) is 4.90 Å². The molecule has 6 heteroatoms. The van der Waals surface area contributed by atoms with Crippen molar-refractivity contribution in [1.82, 2.24) is 10.1 Å². The molecule has 20 heavy (non-hydrogen) atoms. The highest BCUT2D eigenvalue weighted by atomic mass is 16.5. The van der Waals surface area contributed by atoms with Gasteiger partial charge in [0, 0.05) is 18.5 Å². The van der Waals surface area contributed by atoms with E-state index in [1.54, 1.807) is 6.92 Å². The molecule has 1 fully saturated rings. The number of aryl methyl sites for hydroxylation is 2. The fraction of sp³-hybridized carbons (Fsp3) is 0.643. The summed E-state index contributed by atoms with van der Waals surface area (Å²) in [4.78, 5) is 25.1. The van der Waals surface area contributed by atoms with Gasteiger partial charge in [-0.1, -0.05) is 5.16 Å². The first kappa shape index (κ1) is 14.6. The van der Waals surface area contributed by atoms with Gasteiger partial charge in [-0.15, -0.1) is 0 Å². The van der Waals surface area contributed by atoms with Crippen molar-refractivity contribution in [1.29, 1.82) is 0 Å². The summed E-state index contributed by atoms with van der Waals surface area (Å²) >= 11 is 0. The summed E-state index contributed by atoms with van der Waals surface area (Å²) in [5.74, 6) is -0.328. The summed E-state index contributed by atoms with van der Waals surface area (Å²) in [6, 6.07) is 0. The maximum absolute atomic E-state index is 12.3. The number of hydrogen-bond acceptors (Lipinski definition) is 4. The molecule has 0 aliphatic carbocycles. The minimum atomic E-state index is -1.06. The predicted molar refractivity (Wildman–Crippen MR) is 71.3 cm³/mol. The van der Waals surface area contributed by atoms with Gasteiger partial charge in [0.2, 0.25) is 5.91 Å². The zero-order valence-corrected chi connectivity index (χ0v) is 12.1. The van der Waals surface area contributed by atoms with E-state index >= 15 is 0 Å². The van der Waals surface area contributed by atoms with Crippen LogP contribution in [0.2, 0.25) is 0 Å². The maximum atomic E-state index is 12.3. The van der Waals surface area contributed by atoms with Crippen molar-refractivity contribution in [3.8, 4) is 0 Å². The number of hydrogen-bond donors (Lipinski definition) is 1. The van der Waals surface area contributed by atoms with Crippen molar-refractivity contribution in [3.63, 3.8) is 0 Å². The SMILES string of the molecule is Cc1noc(C)c1CCC(=O)N1CCCC1(C)C(=O)O. The van der Waals surface area contributed by atoms with Crippen LogP contribution in [0.25, 0.3) is 0 Å². The highest BCUT2D eigenvalue weighted by molar-refractivity contribution is 5.87. The topological polar surface area (TPSA) is 83.6 Å². The van der Waals surface area contributed by atoms with Gasteiger partial charge < -0.3 is 14.5 Å². The molecule has 1 aliphatic rings. The molecule has 110 valence electrons. The van der Waals surface area contributed by atoms with Crippen LogP contribution >= 0.6 is 0 Å². The van der Waals surface area contributed by atoms with Gasteiger partial charge in [0.25, 0.3) is 0 Å². The van der Waals surface area contributed by atoms with Gasteiger partial charge in [-0.25, -0.2) is 4.79 Å². The summed E-state index contributed by atoms with van der Waals surface area (Å²) in [7, 11) is 0. The number of carboxylic acids is 1. The van der Waals surface area contributed by atoms with Gasteiger partial charge in [-0.2, -0.15) is 0 Å². The Bertz CT molecular complexity index is 518. The molecule has 1 amide bonds. The zero-order valence-electron chi connectivity index (χ0n) is 12.1. The van der Waals surface area contributed by atoms with Crippen molar-refractivity contribution in [2.75, 3.05) is 6.54 Å². The zero-order chi connectivity index (χ0) is 14.9. The highest BCUT2D eigenvalue weighted by Gasteiger charge is 2.45. The van der Waals surface area contributed by atoms with E-state index in [-0.39, 0.29) is 12.3 Å². The predicted octanol–water partition coefficient (Wildman–Crippen LogP) is 1.69. The van der Waals surface area contributed by atoms with Crippen molar-refractivity contribution in [3.05, 3.63) is 17.0 Å². The van der Waals surface area contributed by atoms with Gasteiger partial charge in [0.15, 0.2) is 0 Å². The van der Waals surface area contributed by atoms with E-state index in [0.29, 0.717) is 19.4 Å². The lowest BCUT2D eigenvalue weighted by Gasteiger charge is -2.31. The number of aromatic nitrogens is 1. The summed E-state index contributed by atoms with van der Waals surface area (Å²) in [6.07, 6.45) is 2.07. The number of rotatable bonds is 4. The summed E-state index contributed by atoms with van der Waals surface area (Å²) in [5.41, 5.74) is 0.669. The van der Waals surface area contributed by atoms with Crippen LogP contribution in [0.4, 0.5) is 0 Å². The Hall–Kier alpha value is -1.85. The molecule has 2 heterocycles. The molecule has 2 rings (SSSR count). The molecule has 0 aromatic carbocycles. The Morgan fingerprint density at radius 1 is 1.45 bits per heavy atom. The van der Waals surface area contributed by atoms with Crippen LogP contribution in [-0.4, -0.2) is 39.1 Å². The Morgan fingerprint density at radius 3 is 2.70 bits per heavy atom. The molecule has 1 unspecified atom stereocenters. The molecule has 0 spiro atoms. The molecule has 1 aromatic rings.